The number of oxime groups is 1. The summed E-state index contributed by atoms with van der Waals surface area (Å²) < 4.78 is 10.4. The van der Waals surface area contributed by atoms with E-state index in [1.807, 2.05) is 6.92 Å². The zero-order valence-electron chi connectivity index (χ0n) is 14.9. The summed E-state index contributed by atoms with van der Waals surface area (Å²) in [5.74, 6) is -0.515. The number of nitrogens with two attached hydrogens (primary N) is 1. The van der Waals surface area contributed by atoms with Crippen LogP contribution in [0.4, 0.5) is 5.13 Å². The van der Waals surface area contributed by atoms with Crippen molar-refractivity contribution in [3.05, 3.63) is 11.1 Å². The molecule has 0 fully saturated rings. The normalized spacial score (nSPS) is 13.2. The van der Waals surface area contributed by atoms with Gasteiger partial charge in [0.05, 0.1) is 0 Å². The van der Waals surface area contributed by atoms with Crippen LogP contribution in [0.5, 0.6) is 0 Å². The molecule has 0 spiro atoms. The predicted molar refractivity (Wildman–Crippen MR) is 98.5 cm³/mol. The Morgan fingerprint density at radius 3 is 2.64 bits per heavy atom. The summed E-state index contributed by atoms with van der Waals surface area (Å²) in [4.78, 5) is 32.9. The fourth-order valence-electron chi connectivity index (χ4n) is 1.58. The lowest BCUT2D eigenvalue weighted by molar-refractivity contribution is -0.160. The number of aromatic nitrogens is 1. The van der Waals surface area contributed by atoms with E-state index in [2.05, 4.69) is 10.1 Å². The maximum atomic E-state index is 12.3. The Morgan fingerprint density at radius 2 is 2.12 bits per heavy atom. The largest absolute Gasteiger partial charge is 0.457 e. The molecular weight excluding hydrogens is 366 g/mol. The fourth-order valence-corrected chi connectivity index (χ4v) is 2.75. The van der Waals surface area contributed by atoms with Gasteiger partial charge in [0.25, 0.3) is 0 Å². The van der Waals surface area contributed by atoms with Gasteiger partial charge in [0.15, 0.2) is 5.13 Å². The number of hydrogen-bond donors (Lipinski definition) is 1. The van der Waals surface area contributed by atoms with Gasteiger partial charge in [0, 0.05) is 5.38 Å². The average molecular weight is 389 g/mol. The average Bonchev–Trinajstić information content (AvgIpc) is 2.87. The smallest absolute Gasteiger partial charge is 0.363 e. The topological polar surface area (TPSA) is 113 Å². The Kier molecular flexibility index (Phi) is 8.17. The first kappa shape index (κ1) is 21.2. The molecule has 1 aromatic heterocycles. The van der Waals surface area contributed by atoms with Gasteiger partial charge in [-0.1, -0.05) is 12.1 Å². The molecule has 0 aromatic carbocycles. The lowest BCUT2D eigenvalue weighted by Crippen LogP contribution is -2.27. The third-order valence-electron chi connectivity index (χ3n) is 2.39. The zero-order chi connectivity index (χ0) is 19.0. The minimum Gasteiger partial charge on any atom is -0.457 e. The van der Waals surface area contributed by atoms with Crippen LogP contribution in [0.25, 0.3) is 0 Å². The summed E-state index contributed by atoms with van der Waals surface area (Å²) >= 11 is 2.61. The molecule has 0 aliphatic rings. The van der Waals surface area contributed by atoms with Crippen molar-refractivity contribution in [1.29, 1.82) is 0 Å². The SMILES string of the molecule is CCSC(C)OC(=O)C(=NOCC(=O)OC(C)(C)C)c1csc(N)n1. The van der Waals surface area contributed by atoms with Crippen molar-refractivity contribution in [1.82, 2.24) is 4.98 Å². The first-order valence-electron chi connectivity index (χ1n) is 7.58. The van der Waals surface area contributed by atoms with E-state index in [0.29, 0.717) is 0 Å². The molecule has 8 nitrogen and oxygen atoms in total. The van der Waals surface area contributed by atoms with Crippen LogP contribution in [0, 0.1) is 0 Å². The van der Waals surface area contributed by atoms with Gasteiger partial charge in [-0.15, -0.1) is 23.1 Å². The van der Waals surface area contributed by atoms with Gasteiger partial charge in [-0.05, 0) is 33.4 Å². The van der Waals surface area contributed by atoms with Gasteiger partial charge in [-0.3, -0.25) is 0 Å². The van der Waals surface area contributed by atoms with Gasteiger partial charge in [0.2, 0.25) is 12.3 Å². The molecule has 2 N–H and O–H groups in total. The molecule has 1 aromatic rings. The number of anilines is 1. The highest BCUT2D eigenvalue weighted by Crippen LogP contribution is 2.16. The number of rotatable bonds is 8. The Bertz CT molecular complexity index is 625. The van der Waals surface area contributed by atoms with Crippen LogP contribution in [-0.2, 0) is 23.9 Å². The molecule has 10 heteroatoms. The van der Waals surface area contributed by atoms with Crippen LogP contribution in [0.1, 0.15) is 40.3 Å². The number of nitrogens with zero attached hydrogens (tertiary/aromatic N) is 2. The van der Waals surface area contributed by atoms with Gasteiger partial charge in [-0.25, -0.2) is 14.6 Å². The summed E-state index contributed by atoms with van der Waals surface area (Å²) in [5, 5.41) is 5.55. The Balaban J connectivity index is 2.81. The minimum absolute atomic E-state index is 0.153. The van der Waals surface area contributed by atoms with Gasteiger partial charge < -0.3 is 20.0 Å². The van der Waals surface area contributed by atoms with E-state index >= 15 is 0 Å². The molecule has 1 unspecified atom stereocenters. The summed E-state index contributed by atoms with van der Waals surface area (Å²) in [6.07, 6.45) is 0. The maximum absolute atomic E-state index is 12.3. The molecular formula is C15H23N3O5S2. The van der Waals surface area contributed by atoms with Crippen molar-refractivity contribution in [3.8, 4) is 0 Å². The van der Waals surface area contributed by atoms with Crippen molar-refractivity contribution in [2.24, 2.45) is 5.16 Å². The van der Waals surface area contributed by atoms with Crippen LogP contribution in [-0.4, -0.2) is 46.0 Å². The molecule has 0 radical (unpaired) electrons. The molecule has 0 aliphatic carbocycles. The van der Waals surface area contributed by atoms with E-state index in [1.165, 1.54) is 11.8 Å². The quantitative estimate of drug-likeness (QED) is 0.312. The highest BCUT2D eigenvalue weighted by atomic mass is 32.2. The van der Waals surface area contributed by atoms with Gasteiger partial charge in [-0.2, -0.15) is 0 Å². The van der Waals surface area contributed by atoms with E-state index in [1.54, 1.807) is 33.1 Å². The first-order chi connectivity index (χ1) is 11.6. The molecule has 25 heavy (non-hydrogen) atoms. The second-order valence-electron chi connectivity index (χ2n) is 5.80. The van der Waals surface area contributed by atoms with Crippen LogP contribution in [0.15, 0.2) is 10.5 Å². The standard InChI is InChI=1S/C15H23N3O5S2/c1-6-24-9(2)22-13(20)12(10-8-25-14(16)17-10)18-21-7-11(19)23-15(3,4)5/h8-9H,6-7H2,1-5H3,(H2,16,17). The third kappa shape index (κ3) is 8.21. The lowest BCUT2D eigenvalue weighted by atomic mass is 10.2. The summed E-state index contributed by atoms with van der Waals surface area (Å²) in [7, 11) is 0. The minimum atomic E-state index is -0.706. The predicted octanol–water partition coefficient (Wildman–Crippen LogP) is 2.43. The van der Waals surface area contributed by atoms with E-state index in [0.717, 1.165) is 17.1 Å². The number of hydrogen-bond acceptors (Lipinski definition) is 10. The molecule has 0 saturated carbocycles. The van der Waals surface area contributed by atoms with Crippen molar-refractivity contribution < 1.29 is 23.9 Å². The Morgan fingerprint density at radius 1 is 1.44 bits per heavy atom. The number of thioether (sulfide) groups is 1. The van der Waals surface area contributed by atoms with E-state index in [4.69, 9.17) is 20.0 Å². The van der Waals surface area contributed by atoms with Crippen molar-refractivity contribution in [2.45, 2.75) is 45.7 Å². The number of ether oxygens (including phenoxy) is 2. The summed E-state index contributed by atoms with van der Waals surface area (Å²) in [6.45, 7) is 8.48. The zero-order valence-corrected chi connectivity index (χ0v) is 16.5. The number of carbonyl (C=O) groups excluding carboxylic acids is 2. The highest BCUT2D eigenvalue weighted by Gasteiger charge is 2.23. The third-order valence-corrected chi connectivity index (χ3v) is 3.96. The number of thiazole rings is 1. The second-order valence-corrected chi connectivity index (χ2v) is 8.26. The molecule has 1 atom stereocenters. The Labute approximate surface area is 155 Å². The molecule has 0 aliphatic heterocycles. The first-order valence-corrected chi connectivity index (χ1v) is 9.51. The molecule has 0 bridgehead atoms. The van der Waals surface area contributed by atoms with Crippen LogP contribution in [0.3, 0.4) is 0 Å². The molecule has 140 valence electrons. The number of carbonyl (C=O) groups is 2. The summed E-state index contributed by atoms with van der Waals surface area (Å²) in [5.41, 5.74) is 4.67. The highest BCUT2D eigenvalue weighted by molar-refractivity contribution is 7.99. The van der Waals surface area contributed by atoms with E-state index in [-0.39, 0.29) is 22.0 Å². The van der Waals surface area contributed by atoms with E-state index < -0.39 is 24.1 Å². The second kappa shape index (κ2) is 9.62. The van der Waals surface area contributed by atoms with E-state index in [9.17, 15) is 9.59 Å². The molecule has 0 saturated heterocycles. The van der Waals surface area contributed by atoms with Crippen molar-refractivity contribution in [3.63, 3.8) is 0 Å². The monoisotopic (exact) mass is 389 g/mol. The van der Waals surface area contributed by atoms with Gasteiger partial charge in [0.1, 0.15) is 16.7 Å². The number of esters is 2. The van der Waals surface area contributed by atoms with Crippen LogP contribution in [0.2, 0.25) is 0 Å². The molecule has 0 amide bonds. The van der Waals surface area contributed by atoms with Crippen LogP contribution < -0.4 is 5.73 Å². The van der Waals surface area contributed by atoms with Crippen molar-refractivity contribution >= 4 is 45.9 Å². The molecule has 1 heterocycles. The lowest BCUT2D eigenvalue weighted by Gasteiger charge is -2.18. The summed E-state index contributed by atoms with van der Waals surface area (Å²) in [6, 6.07) is 0. The Hall–Kier alpha value is -1.81. The fraction of sp³-hybridized carbons (Fsp3) is 0.600. The van der Waals surface area contributed by atoms with Crippen LogP contribution >= 0.6 is 23.1 Å². The maximum Gasteiger partial charge on any atom is 0.363 e. The molecule has 1 rings (SSSR count). The van der Waals surface area contributed by atoms with Gasteiger partial charge >= 0.3 is 11.9 Å². The van der Waals surface area contributed by atoms with Crippen molar-refractivity contribution in [2.75, 3.05) is 18.1 Å². The number of nitrogen functional groups attached to an aromatic ring is 1.